The van der Waals surface area contributed by atoms with Crippen molar-refractivity contribution in [1.82, 2.24) is 15.0 Å². The normalized spacial score (nSPS) is 9.75. The molecule has 1 aromatic heterocycles. The minimum atomic E-state index is 0.176. The number of ether oxygens (including phenoxy) is 1. The number of nitrogens with one attached hydrogen (secondary N) is 1. The summed E-state index contributed by atoms with van der Waals surface area (Å²) in [6.07, 6.45) is 1.91. The van der Waals surface area contributed by atoms with E-state index >= 15 is 0 Å². The summed E-state index contributed by atoms with van der Waals surface area (Å²) in [5, 5.41) is 11.8. The van der Waals surface area contributed by atoms with Crippen LogP contribution in [0.25, 0.3) is 0 Å². The van der Waals surface area contributed by atoms with Crippen molar-refractivity contribution in [3.05, 3.63) is 0 Å². The molecule has 7 nitrogen and oxygen atoms in total. The molecule has 0 saturated carbocycles. The van der Waals surface area contributed by atoms with E-state index in [1.165, 1.54) is 12.0 Å². The van der Waals surface area contributed by atoms with E-state index < -0.39 is 0 Å². The van der Waals surface area contributed by atoms with Crippen LogP contribution in [0.4, 0.5) is 11.9 Å². The van der Waals surface area contributed by atoms with Crippen LogP contribution in [0.1, 0.15) is 13.8 Å². The minimum Gasteiger partial charge on any atom is -0.467 e. The SMILES string of the molecule is COc1nc(NC(C)C)nc(N(C)C#N)n1. The first-order valence-electron chi connectivity index (χ1n) is 4.77. The van der Waals surface area contributed by atoms with Crippen LogP contribution >= 0.6 is 0 Å². The molecule has 0 spiro atoms. The lowest BCUT2D eigenvalue weighted by molar-refractivity contribution is 0.379. The van der Waals surface area contributed by atoms with Gasteiger partial charge in [-0.25, -0.2) is 4.90 Å². The van der Waals surface area contributed by atoms with E-state index in [1.54, 1.807) is 7.05 Å². The molecule has 0 atom stereocenters. The average Bonchev–Trinajstić information content (AvgIpc) is 2.26. The van der Waals surface area contributed by atoms with Crippen molar-refractivity contribution in [1.29, 1.82) is 5.26 Å². The molecule has 1 N–H and O–H groups in total. The van der Waals surface area contributed by atoms with E-state index in [4.69, 9.17) is 10.00 Å². The molecule has 7 heteroatoms. The quantitative estimate of drug-likeness (QED) is 0.590. The first-order chi connectivity index (χ1) is 7.56. The smallest absolute Gasteiger partial charge is 0.322 e. The lowest BCUT2D eigenvalue weighted by Crippen LogP contribution is -2.18. The van der Waals surface area contributed by atoms with Crippen LogP contribution in [0.5, 0.6) is 6.01 Å². The molecule has 1 aromatic rings. The van der Waals surface area contributed by atoms with Crippen LogP contribution in [-0.4, -0.2) is 35.2 Å². The number of hydrogen-bond donors (Lipinski definition) is 1. The number of rotatable bonds is 4. The van der Waals surface area contributed by atoms with Gasteiger partial charge in [-0.1, -0.05) is 0 Å². The van der Waals surface area contributed by atoms with Gasteiger partial charge in [-0.2, -0.15) is 20.2 Å². The van der Waals surface area contributed by atoms with E-state index in [-0.39, 0.29) is 18.0 Å². The summed E-state index contributed by atoms with van der Waals surface area (Å²) in [6, 6.07) is 0.364. The van der Waals surface area contributed by atoms with Gasteiger partial charge in [0.1, 0.15) is 0 Å². The van der Waals surface area contributed by atoms with Gasteiger partial charge >= 0.3 is 6.01 Å². The Labute approximate surface area is 94.1 Å². The van der Waals surface area contributed by atoms with Crippen molar-refractivity contribution < 1.29 is 4.74 Å². The summed E-state index contributed by atoms with van der Waals surface area (Å²) in [7, 11) is 3.03. The molecule has 86 valence electrons. The summed E-state index contributed by atoms with van der Waals surface area (Å²) in [6.45, 7) is 3.92. The third kappa shape index (κ3) is 2.95. The molecule has 1 rings (SSSR count). The second-order valence-electron chi connectivity index (χ2n) is 3.40. The summed E-state index contributed by atoms with van der Waals surface area (Å²) in [5.74, 6) is 0.636. The fraction of sp³-hybridized carbons (Fsp3) is 0.556. The maximum Gasteiger partial charge on any atom is 0.322 e. The van der Waals surface area contributed by atoms with Crippen molar-refractivity contribution in [2.45, 2.75) is 19.9 Å². The van der Waals surface area contributed by atoms with Crippen LogP contribution in [0.3, 0.4) is 0 Å². The van der Waals surface area contributed by atoms with Crippen LogP contribution in [0.2, 0.25) is 0 Å². The highest BCUT2D eigenvalue weighted by atomic mass is 16.5. The molecular formula is C9H14N6O. The van der Waals surface area contributed by atoms with E-state index in [1.807, 2.05) is 20.0 Å². The van der Waals surface area contributed by atoms with Gasteiger partial charge in [-0.3, -0.25) is 0 Å². The highest BCUT2D eigenvalue weighted by Crippen LogP contribution is 2.13. The number of nitrogens with zero attached hydrogens (tertiary/aromatic N) is 5. The summed E-state index contributed by atoms with van der Waals surface area (Å²) in [5.41, 5.74) is 0. The maximum atomic E-state index is 8.74. The third-order valence-corrected chi connectivity index (χ3v) is 1.65. The molecule has 0 unspecified atom stereocenters. The lowest BCUT2D eigenvalue weighted by atomic mass is 10.4. The molecule has 0 aromatic carbocycles. The molecule has 0 saturated heterocycles. The molecule has 1 heterocycles. The van der Waals surface area contributed by atoms with Crippen molar-refractivity contribution in [2.75, 3.05) is 24.4 Å². The standard InChI is InChI=1S/C9H14N6O/c1-6(2)11-7-12-8(15(3)5-10)14-9(13-7)16-4/h6H,1-4H3,(H,11,12,13,14). The molecule has 0 amide bonds. The topological polar surface area (TPSA) is 87.0 Å². The predicted molar refractivity (Wildman–Crippen MR) is 59.2 cm³/mol. The van der Waals surface area contributed by atoms with Gasteiger partial charge in [-0.05, 0) is 13.8 Å². The zero-order chi connectivity index (χ0) is 12.1. The molecular weight excluding hydrogens is 208 g/mol. The first kappa shape index (κ1) is 12.0. The van der Waals surface area contributed by atoms with Gasteiger partial charge in [0.05, 0.1) is 7.11 Å². The number of aromatic nitrogens is 3. The highest BCUT2D eigenvalue weighted by molar-refractivity contribution is 5.41. The number of anilines is 2. The van der Waals surface area contributed by atoms with Crippen molar-refractivity contribution >= 4 is 11.9 Å². The fourth-order valence-electron chi connectivity index (χ4n) is 0.955. The van der Waals surface area contributed by atoms with E-state index in [0.717, 1.165) is 0 Å². The second kappa shape index (κ2) is 5.11. The second-order valence-corrected chi connectivity index (χ2v) is 3.40. The van der Waals surface area contributed by atoms with Gasteiger partial charge in [0.25, 0.3) is 0 Å². The molecule has 0 bridgehead atoms. The molecule has 0 aliphatic rings. The average molecular weight is 222 g/mol. The zero-order valence-electron chi connectivity index (χ0n) is 9.72. The lowest BCUT2D eigenvalue weighted by Gasteiger charge is -2.12. The van der Waals surface area contributed by atoms with Gasteiger partial charge in [0.15, 0.2) is 6.19 Å². The van der Waals surface area contributed by atoms with Crippen molar-refractivity contribution in [3.63, 3.8) is 0 Å². The van der Waals surface area contributed by atoms with Gasteiger partial charge in [-0.15, -0.1) is 0 Å². The highest BCUT2D eigenvalue weighted by Gasteiger charge is 2.10. The van der Waals surface area contributed by atoms with Gasteiger partial charge in [0, 0.05) is 13.1 Å². The number of hydrogen-bond acceptors (Lipinski definition) is 7. The largest absolute Gasteiger partial charge is 0.467 e. The first-order valence-corrected chi connectivity index (χ1v) is 4.77. The van der Waals surface area contributed by atoms with E-state index in [0.29, 0.717) is 5.95 Å². The monoisotopic (exact) mass is 222 g/mol. The van der Waals surface area contributed by atoms with E-state index in [2.05, 4.69) is 20.3 Å². The van der Waals surface area contributed by atoms with E-state index in [9.17, 15) is 0 Å². The molecule has 0 radical (unpaired) electrons. The van der Waals surface area contributed by atoms with Crippen molar-refractivity contribution in [3.8, 4) is 12.2 Å². The Balaban J connectivity index is 3.06. The zero-order valence-corrected chi connectivity index (χ0v) is 9.72. The molecule has 0 aliphatic heterocycles. The van der Waals surface area contributed by atoms with Crippen LogP contribution in [0.15, 0.2) is 0 Å². The Morgan fingerprint density at radius 2 is 2.06 bits per heavy atom. The van der Waals surface area contributed by atoms with Crippen LogP contribution in [0, 0.1) is 11.5 Å². The minimum absolute atomic E-state index is 0.176. The Kier molecular flexibility index (Phi) is 3.83. The molecule has 16 heavy (non-hydrogen) atoms. The Morgan fingerprint density at radius 1 is 1.38 bits per heavy atom. The number of nitriles is 1. The van der Waals surface area contributed by atoms with Crippen LogP contribution in [-0.2, 0) is 0 Å². The fourth-order valence-corrected chi connectivity index (χ4v) is 0.955. The maximum absolute atomic E-state index is 8.74. The Hall–Kier alpha value is -2.10. The third-order valence-electron chi connectivity index (χ3n) is 1.65. The molecule has 0 aliphatic carbocycles. The van der Waals surface area contributed by atoms with Gasteiger partial charge < -0.3 is 10.1 Å². The number of methoxy groups -OCH3 is 1. The summed E-state index contributed by atoms with van der Waals surface area (Å²) < 4.78 is 4.93. The Morgan fingerprint density at radius 3 is 2.56 bits per heavy atom. The summed E-state index contributed by atoms with van der Waals surface area (Å²) >= 11 is 0. The van der Waals surface area contributed by atoms with Gasteiger partial charge in [0.2, 0.25) is 11.9 Å². The van der Waals surface area contributed by atoms with Crippen molar-refractivity contribution in [2.24, 2.45) is 0 Å². The Bertz CT molecular complexity index is 399. The molecule has 0 fully saturated rings. The predicted octanol–water partition coefficient (Wildman–Crippen LogP) is 0.618. The van der Waals surface area contributed by atoms with Crippen LogP contribution < -0.4 is 15.0 Å². The summed E-state index contributed by atoms with van der Waals surface area (Å²) in [4.78, 5) is 13.3.